The van der Waals surface area contributed by atoms with E-state index in [-0.39, 0.29) is 17.9 Å². The third-order valence-electron chi connectivity index (χ3n) is 4.05. The van der Waals surface area contributed by atoms with Crippen molar-refractivity contribution in [1.29, 1.82) is 0 Å². The van der Waals surface area contributed by atoms with Gasteiger partial charge in [0.2, 0.25) is 0 Å². The molecule has 2 heterocycles. The second-order valence-electron chi connectivity index (χ2n) is 6.29. The maximum atomic E-state index is 12.5. The molecular formula is C19H22N2O3. The highest BCUT2D eigenvalue weighted by Gasteiger charge is 2.22. The van der Waals surface area contributed by atoms with Gasteiger partial charge in [-0.05, 0) is 42.7 Å². The summed E-state index contributed by atoms with van der Waals surface area (Å²) in [5, 5.41) is 3.10. The van der Waals surface area contributed by atoms with Crippen LogP contribution < -0.4 is 14.8 Å². The van der Waals surface area contributed by atoms with E-state index in [9.17, 15) is 4.79 Å². The fourth-order valence-electron chi connectivity index (χ4n) is 2.71. The van der Waals surface area contributed by atoms with E-state index >= 15 is 0 Å². The number of fused-ring (bicyclic) bond motifs is 1. The number of amides is 1. The molecule has 0 saturated carbocycles. The molecule has 0 aliphatic carbocycles. The Bertz CT molecular complexity index is 726. The number of aryl methyl sites for hydroxylation is 1. The summed E-state index contributed by atoms with van der Waals surface area (Å²) in [6.45, 7) is 7.17. The second kappa shape index (κ2) is 6.91. The maximum Gasteiger partial charge on any atom is 0.253 e. The first-order chi connectivity index (χ1) is 11.5. The monoisotopic (exact) mass is 326 g/mol. The highest BCUT2D eigenvalue weighted by Crippen LogP contribution is 2.34. The minimum atomic E-state index is -0.129. The van der Waals surface area contributed by atoms with Crippen molar-refractivity contribution in [3.8, 4) is 11.5 Å². The summed E-state index contributed by atoms with van der Waals surface area (Å²) in [6.07, 6.45) is 1.60. The smallest absolute Gasteiger partial charge is 0.253 e. The molecular weight excluding hydrogens is 304 g/mol. The molecule has 5 nitrogen and oxygen atoms in total. The van der Waals surface area contributed by atoms with Crippen molar-refractivity contribution >= 4 is 5.91 Å². The van der Waals surface area contributed by atoms with Crippen molar-refractivity contribution in [2.45, 2.75) is 26.8 Å². The summed E-state index contributed by atoms with van der Waals surface area (Å²) in [4.78, 5) is 16.7. The predicted molar refractivity (Wildman–Crippen MR) is 91.5 cm³/mol. The zero-order valence-electron chi connectivity index (χ0n) is 14.2. The normalized spacial score (nSPS) is 14.3. The summed E-state index contributed by atoms with van der Waals surface area (Å²) in [5.74, 6) is 1.59. The fraction of sp³-hybridized carbons (Fsp3) is 0.368. The Morgan fingerprint density at radius 2 is 1.88 bits per heavy atom. The van der Waals surface area contributed by atoms with Crippen LogP contribution in [-0.4, -0.2) is 24.1 Å². The van der Waals surface area contributed by atoms with Gasteiger partial charge in [-0.1, -0.05) is 19.9 Å². The lowest BCUT2D eigenvalue weighted by Crippen LogP contribution is -2.32. The molecule has 1 aromatic heterocycles. The molecule has 1 N–H and O–H groups in total. The van der Waals surface area contributed by atoms with Crippen LogP contribution in [0.1, 0.15) is 41.5 Å². The van der Waals surface area contributed by atoms with Crippen LogP contribution in [0.2, 0.25) is 0 Å². The van der Waals surface area contributed by atoms with E-state index in [4.69, 9.17) is 9.47 Å². The number of aromatic nitrogens is 1. The van der Waals surface area contributed by atoms with Gasteiger partial charge in [0.15, 0.2) is 11.5 Å². The van der Waals surface area contributed by atoms with Crippen molar-refractivity contribution in [3.63, 3.8) is 0 Å². The van der Waals surface area contributed by atoms with Crippen LogP contribution in [0.3, 0.4) is 0 Å². The minimum absolute atomic E-state index is 0.116. The van der Waals surface area contributed by atoms with Crippen LogP contribution in [0.5, 0.6) is 11.5 Å². The molecule has 0 unspecified atom stereocenters. The van der Waals surface area contributed by atoms with E-state index in [0.29, 0.717) is 18.8 Å². The summed E-state index contributed by atoms with van der Waals surface area (Å²) in [6, 6.07) is 9.34. The lowest BCUT2D eigenvalue weighted by atomic mass is 9.95. The first kappa shape index (κ1) is 16.3. The largest absolute Gasteiger partial charge is 0.486 e. The number of rotatable bonds is 4. The SMILES string of the molecule is Cc1ccc(C(=O)N[C@@H](c2ccc3c(c2)OCCO3)C(C)C)cn1. The van der Waals surface area contributed by atoms with Crippen molar-refractivity contribution in [1.82, 2.24) is 10.3 Å². The number of hydrogen-bond acceptors (Lipinski definition) is 4. The van der Waals surface area contributed by atoms with Gasteiger partial charge in [-0.25, -0.2) is 0 Å². The van der Waals surface area contributed by atoms with E-state index in [1.165, 1.54) is 0 Å². The van der Waals surface area contributed by atoms with E-state index in [2.05, 4.69) is 24.1 Å². The molecule has 126 valence electrons. The zero-order valence-corrected chi connectivity index (χ0v) is 14.2. The van der Waals surface area contributed by atoms with E-state index in [0.717, 1.165) is 22.8 Å². The molecule has 1 aliphatic heterocycles. The average molecular weight is 326 g/mol. The van der Waals surface area contributed by atoms with Crippen molar-refractivity contribution in [3.05, 3.63) is 53.3 Å². The Kier molecular flexibility index (Phi) is 4.69. The van der Waals surface area contributed by atoms with E-state index in [1.807, 2.05) is 31.2 Å². The molecule has 0 spiro atoms. The first-order valence-corrected chi connectivity index (χ1v) is 8.17. The number of ether oxygens (including phenoxy) is 2. The Balaban J connectivity index is 1.82. The van der Waals surface area contributed by atoms with E-state index in [1.54, 1.807) is 12.3 Å². The van der Waals surface area contributed by atoms with Crippen molar-refractivity contribution in [2.24, 2.45) is 5.92 Å². The van der Waals surface area contributed by atoms with Crippen molar-refractivity contribution in [2.75, 3.05) is 13.2 Å². The lowest BCUT2D eigenvalue weighted by Gasteiger charge is -2.25. The van der Waals surface area contributed by atoms with Gasteiger partial charge in [-0.3, -0.25) is 9.78 Å². The van der Waals surface area contributed by atoms with Gasteiger partial charge in [0.25, 0.3) is 5.91 Å². The zero-order chi connectivity index (χ0) is 17.1. The topological polar surface area (TPSA) is 60.5 Å². The van der Waals surface area contributed by atoms with Gasteiger partial charge in [0, 0.05) is 11.9 Å². The predicted octanol–water partition coefficient (Wildman–Crippen LogP) is 3.29. The maximum absolute atomic E-state index is 12.5. The summed E-state index contributed by atoms with van der Waals surface area (Å²) >= 11 is 0. The van der Waals surface area contributed by atoms with Gasteiger partial charge in [0.05, 0.1) is 11.6 Å². The van der Waals surface area contributed by atoms with Crippen LogP contribution in [0.15, 0.2) is 36.5 Å². The second-order valence-corrected chi connectivity index (χ2v) is 6.29. The highest BCUT2D eigenvalue weighted by atomic mass is 16.6. The number of carbonyl (C=O) groups excluding carboxylic acids is 1. The summed E-state index contributed by atoms with van der Waals surface area (Å²) < 4.78 is 11.2. The Labute approximate surface area is 142 Å². The molecule has 24 heavy (non-hydrogen) atoms. The number of hydrogen-bond donors (Lipinski definition) is 1. The number of pyridine rings is 1. The van der Waals surface area contributed by atoms with Crippen LogP contribution in [0.25, 0.3) is 0 Å². The van der Waals surface area contributed by atoms with Crippen LogP contribution in [-0.2, 0) is 0 Å². The lowest BCUT2D eigenvalue weighted by molar-refractivity contribution is 0.0925. The Hall–Kier alpha value is -2.56. The molecule has 1 aliphatic rings. The molecule has 3 rings (SSSR count). The molecule has 1 amide bonds. The van der Waals surface area contributed by atoms with Gasteiger partial charge < -0.3 is 14.8 Å². The third kappa shape index (κ3) is 3.50. The summed E-state index contributed by atoms with van der Waals surface area (Å²) in [7, 11) is 0. The van der Waals surface area contributed by atoms with Gasteiger partial charge in [-0.2, -0.15) is 0 Å². The Morgan fingerprint density at radius 1 is 1.12 bits per heavy atom. The van der Waals surface area contributed by atoms with E-state index < -0.39 is 0 Å². The average Bonchev–Trinajstić information content (AvgIpc) is 2.59. The van der Waals surface area contributed by atoms with Gasteiger partial charge >= 0.3 is 0 Å². The molecule has 2 aromatic rings. The first-order valence-electron chi connectivity index (χ1n) is 8.17. The quantitative estimate of drug-likeness (QED) is 0.936. The number of nitrogens with one attached hydrogen (secondary N) is 1. The molecule has 0 bridgehead atoms. The van der Waals surface area contributed by atoms with Crippen LogP contribution in [0, 0.1) is 12.8 Å². The number of carbonyl (C=O) groups is 1. The minimum Gasteiger partial charge on any atom is -0.486 e. The molecule has 0 radical (unpaired) electrons. The molecule has 1 atom stereocenters. The molecule has 0 fully saturated rings. The highest BCUT2D eigenvalue weighted by molar-refractivity contribution is 5.94. The standard InChI is InChI=1S/C19H22N2O3/c1-12(2)18(21-19(22)15-5-4-13(3)20-11-15)14-6-7-16-17(10-14)24-9-8-23-16/h4-7,10-12,18H,8-9H2,1-3H3,(H,21,22)/t18-/m1/s1. The number of benzene rings is 1. The Morgan fingerprint density at radius 3 is 2.54 bits per heavy atom. The molecule has 0 saturated heterocycles. The van der Waals surface area contributed by atoms with Gasteiger partial charge in [-0.15, -0.1) is 0 Å². The van der Waals surface area contributed by atoms with Gasteiger partial charge in [0.1, 0.15) is 13.2 Å². The third-order valence-corrected chi connectivity index (χ3v) is 4.05. The number of nitrogens with zero attached hydrogens (tertiary/aromatic N) is 1. The summed E-state index contributed by atoms with van der Waals surface area (Å²) in [5.41, 5.74) is 2.45. The molecule has 1 aromatic carbocycles. The van der Waals surface area contributed by atoms with Crippen LogP contribution >= 0.6 is 0 Å². The fourth-order valence-corrected chi connectivity index (χ4v) is 2.71. The van der Waals surface area contributed by atoms with Crippen LogP contribution in [0.4, 0.5) is 0 Å². The van der Waals surface area contributed by atoms with Crippen molar-refractivity contribution < 1.29 is 14.3 Å². The molecule has 5 heteroatoms.